The van der Waals surface area contributed by atoms with Gasteiger partial charge in [0.1, 0.15) is 5.60 Å². The molecule has 218 valence electrons. The number of benzene rings is 3. The number of anilines is 2. The van der Waals surface area contributed by atoms with Gasteiger partial charge in [-0.05, 0) is 81.1 Å². The van der Waals surface area contributed by atoms with Crippen molar-refractivity contribution in [2.75, 3.05) is 25.5 Å². The Balaban J connectivity index is 1.42. The molecule has 42 heavy (non-hydrogen) atoms. The minimum atomic E-state index is -0.530. The van der Waals surface area contributed by atoms with Crippen LogP contribution in [0.5, 0.6) is 0 Å². The Kier molecular flexibility index (Phi) is 9.75. The van der Waals surface area contributed by atoms with Crippen LogP contribution in [0.3, 0.4) is 0 Å². The number of pyridine rings is 1. The number of carbonyl (C=O) groups is 3. The molecular formula is C33H37N5O4. The summed E-state index contributed by atoms with van der Waals surface area (Å²) in [5.74, 6) is -0.392. The zero-order valence-electron chi connectivity index (χ0n) is 24.4. The Morgan fingerprint density at radius 3 is 2.14 bits per heavy atom. The second-order valence-corrected chi connectivity index (χ2v) is 10.8. The van der Waals surface area contributed by atoms with E-state index in [4.69, 9.17) is 4.74 Å². The van der Waals surface area contributed by atoms with Gasteiger partial charge in [0.15, 0.2) is 0 Å². The Morgan fingerprint density at radius 1 is 0.810 bits per heavy atom. The number of ether oxygens (including phenoxy) is 1. The highest BCUT2D eigenvalue weighted by atomic mass is 16.6. The summed E-state index contributed by atoms with van der Waals surface area (Å²) in [7, 11) is 1.59. The fraction of sp³-hybridized carbons (Fsp3) is 0.273. The first-order valence-corrected chi connectivity index (χ1v) is 14.0. The average molecular weight is 568 g/mol. The molecule has 3 amide bonds. The van der Waals surface area contributed by atoms with Gasteiger partial charge < -0.3 is 26.0 Å². The monoisotopic (exact) mass is 567 g/mol. The zero-order valence-corrected chi connectivity index (χ0v) is 24.4. The maximum atomic E-state index is 12.7. The van der Waals surface area contributed by atoms with E-state index in [2.05, 4.69) is 26.3 Å². The van der Waals surface area contributed by atoms with E-state index < -0.39 is 11.7 Å². The smallest absolute Gasteiger partial charge is 0.407 e. The molecule has 1 aromatic heterocycles. The van der Waals surface area contributed by atoms with E-state index in [0.29, 0.717) is 29.9 Å². The molecule has 0 unspecified atom stereocenters. The van der Waals surface area contributed by atoms with Crippen LogP contribution >= 0.6 is 0 Å². The first-order valence-electron chi connectivity index (χ1n) is 14.0. The number of nitrogens with zero attached hydrogens (tertiary/aromatic N) is 1. The van der Waals surface area contributed by atoms with Crippen molar-refractivity contribution in [3.8, 4) is 11.1 Å². The van der Waals surface area contributed by atoms with Gasteiger partial charge in [-0.2, -0.15) is 0 Å². The molecule has 0 radical (unpaired) electrons. The maximum Gasteiger partial charge on any atom is 0.407 e. The highest BCUT2D eigenvalue weighted by molar-refractivity contribution is 6.08. The zero-order chi connectivity index (χ0) is 30.1. The van der Waals surface area contributed by atoms with Crippen LogP contribution in [0.4, 0.5) is 16.2 Å². The van der Waals surface area contributed by atoms with Crippen molar-refractivity contribution in [3.05, 3.63) is 90.1 Å². The third kappa shape index (κ3) is 8.06. The minimum absolute atomic E-state index is 0.158. The highest BCUT2D eigenvalue weighted by Crippen LogP contribution is 2.32. The van der Waals surface area contributed by atoms with Crippen molar-refractivity contribution >= 4 is 40.2 Å². The van der Waals surface area contributed by atoms with Gasteiger partial charge in [0.2, 0.25) is 0 Å². The molecule has 9 heteroatoms. The summed E-state index contributed by atoms with van der Waals surface area (Å²) >= 11 is 0. The number of unbranched alkanes of at least 4 members (excludes halogenated alkanes) is 1. The lowest BCUT2D eigenvalue weighted by atomic mass is 9.99. The molecule has 0 saturated carbocycles. The molecule has 0 spiro atoms. The van der Waals surface area contributed by atoms with E-state index in [9.17, 15) is 14.4 Å². The van der Waals surface area contributed by atoms with Gasteiger partial charge in [0.05, 0.1) is 16.8 Å². The van der Waals surface area contributed by atoms with Crippen molar-refractivity contribution in [2.24, 2.45) is 0 Å². The van der Waals surface area contributed by atoms with E-state index in [1.54, 1.807) is 25.4 Å². The van der Waals surface area contributed by atoms with Crippen LogP contribution in [-0.4, -0.2) is 48.6 Å². The van der Waals surface area contributed by atoms with E-state index in [1.807, 2.05) is 81.4 Å². The fourth-order valence-electron chi connectivity index (χ4n) is 4.35. The van der Waals surface area contributed by atoms with Crippen molar-refractivity contribution in [2.45, 2.75) is 39.2 Å². The lowest BCUT2D eigenvalue weighted by Crippen LogP contribution is -2.33. The molecule has 9 nitrogen and oxygen atoms in total. The standard InChI is InChI=1S/C33H37N5O4/c1-33(2,3)42-32(41)36-19-9-8-18-35-30(39)23-14-12-22(13-15-23)24-16-17-28-26(20-24)29(27(21-37-28)31(40)34-4)38-25-10-6-5-7-11-25/h5-7,10-17,20-21H,8-9,18-19H2,1-4H3,(H,34,40)(H,35,39)(H,36,41)(H,37,38). The summed E-state index contributed by atoms with van der Waals surface area (Å²) < 4.78 is 5.21. The molecule has 0 fully saturated rings. The fourth-order valence-corrected chi connectivity index (χ4v) is 4.35. The predicted octanol–water partition coefficient (Wildman–Crippen LogP) is 6.04. The molecule has 0 saturated heterocycles. The van der Waals surface area contributed by atoms with Crippen LogP contribution in [0.25, 0.3) is 22.0 Å². The van der Waals surface area contributed by atoms with Crippen LogP contribution in [0.2, 0.25) is 0 Å². The van der Waals surface area contributed by atoms with Crippen molar-refractivity contribution in [1.29, 1.82) is 0 Å². The Morgan fingerprint density at radius 2 is 1.48 bits per heavy atom. The number of hydrogen-bond acceptors (Lipinski definition) is 6. The van der Waals surface area contributed by atoms with Crippen molar-refractivity contribution in [3.63, 3.8) is 0 Å². The van der Waals surface area contributed by atoms with Gasteiger partial charge in [-0.1, -0.05) is 36.4 Å². The highest BCUT2D eigenvalue weighted by Gasteiger charge is 2.17. The third-order valence-corrected chi connectivity index (χ3v) is 6.42. The number of hydrogen-bond donors (Lipinski definition) is 4. The number of aromatic nitrogens is 1. The second-order valence-electron chi connectivity index (χ2n) is 10.8. The summed E-state index contributed by atoms with van der Waals surface area (Å²) in [6, 6.07) is 23.0. The SMILES string of the molecule is CNC(=O)c1cnc2ccc(-c3ccc(C(=O)NCCCCNC(=O)OC(C)(C)C)cc3)cc2c1Nc1ccccc1. The van der Waals surface area contributed by atoms with E-state index in [1.165, 1.54) is 0 Å². The third-order valence-electron chi connectivity index (χ3n) is 6.42. The summed E-state index contributed by atoms with van der Waals surface area (Å²) in [6.07, 6.45) is 2.59. The molecule has 3 aromatic carbocycles. The van der Waals surface area contributed by atoms with Gasteiger partial charge in [0, 0.05) is 43.0 Å². The Hall–Kier alpha value is -4.92. The molecule has 0 bridgehead atoms. The van der Waals surface area contributed by atoms with Crippen molar-refractivity contribution in [1.82, 2.24) is 20.9 Å². The summed E-state index contributed by atoms with van der Waals surface area (Å²) in [6.45, 7) is 6.43. The number of rotatable bonds is 10. The van der Waals surface area contributed by atoms with E-state index >= 15 is 0 Å². The number of para-hydroxylation sites is 1. The van der Waals surface area contributed by atoms with E-state index in [0.717, 1.165) is 40.6 Å². The van der Waals surface area contributed by atoms with Gasteiger partial charge >= 0.3 is 6.09 Å². The first-order chi connectivity index (χ1) is 20.1. The average Bonchev–Trinajstić information content (AvgIpc) is 2.98. The maximum absolute atomic E-state index is 12.7. The van der Waals surface area contributed by atoms with Crippen molar-refractivity contribution < 1.29 is 19.1 Å². The first kappa shape index (κ1) is 30.0. The summed E-state index contributed by atoms with van der Waals surface area (Å²) in [5.41, 5.74) is 4.61. The van der Waals surface area contributed by atoms with E-state index in [-0.39, 0.29) is 11.8 Å². The van der Waals surface area contributed by atoms with Gasteiger partial charge in [-0.3, -0.25) is 14.6 Å². The number of carbonyl (C=O) groups excluding carboxylic acids is 3. The molecular weight excluding hydrogens is 530 g/mol. The topological polar surface area (TPSA) is 121 Å². The molecule has 0 aliphatic heterocycles. The number of fused-ring (bicyclic) bond motifs is 1. The van der Waals surface area contributed by atoms with Gasteiger partial charge in [-0.25, -0.2) is 4.79 Å². The molecule has 4 rings (SSSR count). The molecule has 1 heterocycles. The number of amides is 3. The van der Waals surface area contributed by atoms with Crippen LogP contribution < -0.4 is 21.3 Å². The van der Waals surface area contributed by atoms with Crippen LogP contribution in [0, 0.1) is 0 Å². The predicted molar refractivity (Wildman–Crippen MR) is 166 cm³/mol. The Labute approximate surface area is 246 Å². The molecule has 0 aliphatic rings. The van der Waals surface area contributed by atoms with Crippen LogP contribution in [0.15, 0.2) is 79.0 Å². The quantitative estimate of drug-likeness (QED) is 0.173. The normalized spacial score (nSPS) is 11.0. The molecule has 0 atom stereocenters. The molecule has 0 aliphatic carbocycles. The molecule has 4 N–H and O–H groups in total. The summed E-state index contributed by atoms with van der Waals surface area (Å²) in [4.78, 5) is 41.5. The van der Waals surface area contributed by atoms with Crippen LogP contribution in [0.1, 0.15) is 54.3 Å². The van der Waals surface area contributed by atoms with Gasteiger partial charge in [0.25, 0.3) is 11.8 Å². The number of nitrogens with one attached hydrogen (secondary N) is 4. The van der Waals surface area contributed by atoms with Gasteiger partial charge in [-0.15, -0.1) is 0 Å². The molecule has 4 aromatic rings. The Bertz CT molecular complexity index is 1550. The minimum Gasteiger partial charge on any atom is -0.444 e. The van der Waals surface area contributed by atoms with Crippen LogP contribution in [-0.2, 0) is 4.74 Å². The lowest BCUT2D eigenvalue weighted by Gasteiger charge is -2.19. The largest absolute Gasteiger partial charge is 0.444 e. The summed E-state index contributed by atoms with van der Waals surface area (Å²) in [5, 5.41) is 12.5. The second kappa shape index (κ2) is 13.6. The lowest BCUT2D eigenvalue weighted by molar-refractivity contribution is 0.0526. The number of alkyl carbamates (subject to hydrolysis) is 1.